The van der Waals surface area contributed by atoms with Crippen LogP contribution in [0.2, 0.25) is 15.1 Å². The van der Waals surface area contributed by atoms with Gasteiger partial charge in [0.2, 0.25) is 20.0 Å². The van der Waals surface area contributed by atoms with E-state index in [1.165, 1.54) is 49.2 Å². The molecule has 0 aliphatic carbocycles. The maximum Gasteiger partial charge on any atom is 0.410 e. The molecule has 20 heteroatoms. The van der Waals surface area contributed by atoms with Crippen LogP contribution in [0.1, 0.15) is 37.5 Å². The molecule has 2 aliphatic heterocycles. The fourth-order valence-electron chi connectivity index (χ4n) is 5.93. The molecular weight excluding hydrogens is 931 g/mol. The Morgan fingerprint density at radius 1 is 0.683 bits per heavy atom. The molecule has 2 saturated heterocycles. The molecule has 0 spiro atoms. The molecule has 0 radical (unpaired) electrons. The predicted molar refractivity (Wildman–Crippen MR) is 239 cm³/mol. The van der Waals surface area contributed by atoms with Gasteiger partial charge in [-0.05, 0) is 106 Å². The summed E-state index contributed by atoms with van der Waals surface area (Å²) in [5.74, 6) is 0. The molecule has 12 nitrogen and oxygen atoms in total. The van der Waals surface area contributed by atoms with Gasteiger partial charge in [-0.25, -0.2) is 21.6 Å². The fraction of sp³-hybridized carbons (Fsp3) is 0.325. The van der Waals surface area contributed by atoms with E-state index in [4.69, 9.17) is 39.5 Å². The molecule has 0 bridgehead atoms. The van der Waals surface area contributed by atoms with Gasteiger partial charge in [-0.3, -0.25) is 0 Å². The Balaban J connectivity index is 0.000000267. The van der Waals surface area contributed by atoms with Crippen molar-refractivity contribution in [1.82, 2.24) is 18.8 Å². The number of nitrogens with one attached hydrogen (secondary N) is 1. The average Bonchev–Trinajstić information content (AvgIpc) is 3.17. The third kappa shape index (κ3) is 13.1. The van der Waals surface area contributed by atoms with Crippen molar-refractivity contribution in [1.29, 1.82) is 10.5 Å². The summed E-state index contributed by atoms with van der Waals surface area (Å²) in [6.07, 6.45) is -0.472. The fourth-order valence-corrected chi connectivity index (χ4v) is 12.8. The highest BCUT2D eigenvalue weighted by molar-refractivity contribution is 8.00. The van der Waals surface area contributed by atoms with Gasteiger partial charge < -0.3 is 15.0 Å². The summed E-state index contributed by atoms with van der Waals surface area (Å²) in [6, 6.07) is 23.9. The first-order valence-electron chi connectivity index (χ1n) is 18.2. The van der Waals surface area contributed by atoms with Crippen LogP contribution in [0.4, 0.5) is 4.79 Å². The summed E-state index contributed by atoms with van der Waals surface area (Å²) < 4.78 is 61.5. The van der Waals surface area contributed by atoms with E-state index in [1.54, 1.807) is 69.3 Å². The summed E-state index contributed by atoms with van der Waals surface area (Å²) in [7, 11) is -7.61. The van der Waals surface area contributed by atoms with Crippen molar-refractivity contribution in [2.75, 3.05) is 52.4 Å². The SMILES string of the molecule is CC(C)(C)OC(=O)N1CCN(S(=O)(=O)c2cc(C#N)ccc2Sc2cc(Cl)cc(Cl)c2)CC1.Cc1cc(Cl)cc(Sc2ccc(C#N)cc2S(=O)(=O)N2CCNCC2)c1.Cl. The monoisotopic (exact) mass is 970 g/mol. The van der Waals surface area contributed by atoms with Gasteiger partial charge in [-0.15, -0.1) is 12.4 Å². The minimum absolute atomic E-state index is 0. The van der Waals surface area contributed by atoms with Crippen LogP contribution in [0.25, 0.3) is 0 Å². The van der Waals surface area contributed by atoms with Gasteiger partial charge in [0.05, 0.1) is 33.1 Å². The molecule has 0 atom stereocenters. The van der Waals surface area contributed by atoms with Crippen molar-refractivity contribution in [2.45, 2.75) is 62.7 Å². The lowest BCUT2D eigenvalue weighted by Gasteiger charge is -2.35. The van der Waals surface area contributed by atoms with Gasteiger partial charge in [0.1, 0.15) is 5.60 Å². The number of piperazine rings is 2. The smallest absolute Gasteiger partial charge is 0.410 e. The van der Waals surface area contributed by atoms with Gasteiger partial charge in [-0.2, -0.15) is 19.1 Å². The summed E-state index contributed by atoms with van der Waals surface area (Å²) in [5.41, 5.74) is 0.924. The number of ether oxygens (including phenoxy) is 1. The molecule has 2 aliphatic rings. The van der Waals surface area contributed by atoms with Gasteiger partial charge >= 0.3 is 6.09 Å². The number of nitriles is 2. The van der Waals surface area contributed by atoms with Crippen LogP contribution in [-0.4, -0.2) is 94.4 Å². The van der Waals surface area contributed by atoms with Gasteiger partial charge in [0, 0.05) is 87.0 Å². The third-order valence-corrected chi connectivity index (χ3v) is 15.5. The summed E-state index contributed by atoms with van der Waals surface area (Å²) in [4.78, 5) is 16.6. The number of hydrogen-bond donors (Lipinski definition) is 1. The second-order valence-corrected chi connectivity index (χ2v) is 21.7. The standard InChI is InChI=1S/C22H23Cl2N3O4S2.C18H18ClN3O2S2.ClH/c1-22(2,3)31-21(28)26-6-8-27(9-7-26)33(29,30)20-10-15(14-25)4-5-19(20)32-18-12-16(23)11-17(24)13-18;1-13-8-15(19)11-16(9-13)25-17-3-2-14(12-20)10-18(17)26(23,24)22-6-4-21-5-7-22;/h4-5,10-13H,6-9H2,1-3H3;2-3,8-11,21H,4-7H2,1H3;1H. The number of aryl methyl sites for hydroxylation is 1. The van der Waals surface area contributed by atoms with Gasteiger partial charge in [-0.1, -0.05) is 58.3 Å². The number of rotatable bonds is 8. The van der Waals surface area contributed by atoms with Gasteiger partial charge in [0.25, 0.3) is 0 Å². The molecule has 2 fully saturated rings. The predicted octanol–water partition coefficient (Wildman–Crippen LogP) is 8.94. The molecule has 1 N–H and O–H groups in total. The normalized spacial score (nSPS) is 15.1. The second-order valence-electron chi connectivity index (χ2n) is 14.3. The van der Waals surface area contributed by atoms with Crippen LogP contribution in [-0.2, 0) is 24.8 Å². The highest BCUT2D eigenvalue weighted by Gasteiger charge is 2.34. The Morgan fingerprint density at radius 3 is 1.55 bits per heavy atom. The average molecular weight is 973 g/mol. The zero-order valence-corrected chi connectivity index (χ0v) is 39.3. The topological polar surface area (TPSA) is 164 Å². The number of carbonyl (C=O) groups excluding carboxylic acids is 1. The van der Waals surface area contributed by atoms with Crippen LogP contribution in [0.5, 0.6) is 0 Å². The first-order chi connectivity index (χ1) is 27.8. The number of hydrogen-bond acceptors (Lipinski definition) is 11. The number of halogens is 4. The summed E-state index contributed by atoms with van der Waals surface area (Å²) in [5, 5.41) is 23.1. The molecule has 0 unspecified atom stereocenters. The lowest BCUT2D eigenvalue weighted by Crippen LogP contribution is -2.51. The van der Waals surface area contributed by atoms with E-state index in [2.05, 4.69) is 5.32 Å². The van der Waals surface area contributed by atoms with Gasteiger partial charge in [0.15, 0.2) is 0 Å². The lowest BCUT2D eigenvalue weighted by molar-refractivity contribution is 0.0192. The third-order valence-electron chi connectivity index (χ3n) is 8.65. The van der Waals surface area contributed by atoms with Crippen molar-refractivity contribution in [3.63, 3.8) is 0 Å². The zero-order chi connectivity index (χ0) is 43.1. The van der Waals surface area contributed by atoms with Crippen LogP contribution in [0.15, 0.2) is 102 Å². The summed E-state index contributed by atoms with van der Waals surface area (Å²) in [6.45, 7) is 9.99. The second kappa shape index (κ2) is 21.2. The number of nitrogens with zero attached hydrogens (tertiary/aromatic N) is 5. The lowest BCUT2D eigenvalue weighted by atomic mass is 10.2. The van der Waals surface area contributed by atoms with E-state index in [9.17, 15) is 32.2 Å². The van der Waals surface area contributed by atoms with E-state index < -0.39 is 31.7 Å². The highest BCUT2D eigenvalue weighted by Crippen LogP contribution is 2.38. The van der Waals surface area contributed by atoms with Crippen molar-refractivity contribution < 1.29 is 26.4 Å². The van der Waals surface area contributed by atoms with E-state index in [0.717, 1.165) is 10.5 Å². The molecule has 2 heterocycles. The van der Waals surface area contributed by atoms with Crippen molar-refractivity contribution in [2.24, 2.45) is 0 Å². The van der Waals surface area contributed by atoms with Crippen molar-refractivity contribution in [3.05, 3.63) is 105 Å². The number of amides is 1. The largest absolute Gasteiger partial charge is 0.444 e. The molecule has 4 aromatic rings. The summed E-state index contributed by atoms with van der Waals surface area (Å²) >= 11 is 20.8. The first kappa shape index (κ1) is 49.4. The van der Waals surface area contributed by atoms with E-state index >= 15 is 0 Å². The Bertz CT molecular complexity index is 2470. The van der Waals surface area contributed by atoms with Crippen molar-refractivity contribution in [3.8, 4) is 12.1 Å². The van der Waals surface area contributed by atoms with Crippen LogP contribution < -0.4 is 5.32 Å². The van der Waals surface area contributed by atoms with Crippen LogP contribution in [0.3, 0.4) is 0 Å². The van der Waals surface area contributed by atoms with Crippen LogP contribution >= 0.6 is 70.7 Å². The molecule has 60 heavy (non-hydrogen) atoms. The molecule has 320 valence electrons. The number of sulfonamides is 2. The van der Waals surface area contributed by atoms with Crippen LogP contribution in [0, 0.1) is 29.6 Å². The molecule has 6 rings (SSSR count). The minimum atomic E-state index is -3.93. The maximum atomic E-state index is 13.5. The molecule has 4 aromatic carbocycles. The van der Waals surface area contributed by atoms with E-state index in [0.29, 0.717) is 61.5 Å². The molecular formula is C40H42Cl4N6O6S4. The molecule has 1 amide bonds. The molecule has 0 saturated carbocycles. The van der Waals surface area contributed by atoms with E-state index in [-0.39, 0.29) is 53.9 Å². The Kier molecular flexibility index (Phi) is 17.5. The first-order valence-corrected chi connectivity index (χ1v) is 23.8. The molecule has 0 aromatic heterocycles. The Hall–Kier alpha value is -3.23. The zero-order valence-electron chi connectivity index (χ0n) is 32.9. The minimum Gasteiger partial charge on any atom is -0.444 e. The number of carbonyl (C=O) groups is 1. The van der Waals surface area contributed by atoms with Crippen molar-refractivity contribution >= 4 is 96.9 Å². The Labute approximate surface area is 381 Å². The quantitative estimate of drug-likeness (QED) is 0.179. The highest BCUT2D eigenvalue weighted by atomic mass is 35.5. The number of benzene rings is 4. The van der Waals surface area contributed by atoms with E-state index in [1.807, 2.05) is 31.2 Å². The Morgan fingerprint density at radius 2 is 1.12 bits per heavy atom. The maximum absolute atomic E-state index is 13.5.